The van der Waals surface area contributed by atoms with Crippen molar-refractivity contribution in [3.8, 4) is 0 Å². The van der Waals surface area contributed by atoms with Gasteiger partial charge in [-0.2, -0.15) is 0 Å². The molecule has 0 fully saturated rings. The largest absolute Gasteiger partial charge is 0.384 e. The molecule has 0 spiro atoms. The van der Waals surface area contributed by atoms with Crippen molar-refractivity contribution in [1.82, 2.24) is 4.98 Å². The molecule has 0 radical (unpaired) electrons. The minimum absolute atomic E-state index is 0.230. The van der Waals surface area contributed by atoms with E-state index in [2.05, 4.69) is 15.5 Å². The van der Waals surface area contributed by atoms with Crippen LogP contribution in [0.1, 0.15) is 16.3 Å². The van der Waals surface area contributed by atoms with Crippen molar-refractivity contribution in [2.24, 2.45) is 10.9 Å². The molecule has 8 heteroatoms. The third-order valence-electron chi connectivity index (χ3n) is 2.83. The number of hydrogen-bond acceptors (Lipinski definition) is 5. The number of carbonyl (C=O) groups is 1. The monoisotopic (exact) mass is 336 g/mol. The number of rotatable bonds is 6. The number of nitrogens with one attached hydrogen (secondary N) is 1. The zero-order valence-corrected chi connectivity index (χ0v) is 13.6. The average molecular weight is 336 g/mol. The topological polar surface area (TPSA) is 89.6 Å². The van der Waals surface area contributed by atoms with E-state index in [0.29, 0.717) is 17.7 Å². The summed E-state index contributed by atoms with van der Waals surface area (Å²) in [4.78, 5) is 20.8. The van der Waals surface area contributed by atoms with E-state index in [1.165, 1.54) is 17.4 Å². The second-order valence-electron chi connectivity index (χ2n) is 4.93. The second kappa shape index (κ2) is 7.68. The van der Waals surface area contributed by atoms with Crippen LogP contribution in [0.4, 0.5) is 10.1 Å². The lowest BCUT2D eigenvalue weighted by molar-refractivity contribution is -0.120. The number of aromatic nitrogens is 1. The summed E-state index contributed by atoms with van der Waals surface area (Å²) in [5, 5.41) is 8.92. The van der Waals surface area contributed by atoms with Crippen molar-refractivity contribution in [3.05, 3.63) is 45.7 Å². The van der Waals surface area contributed by atoms with Crippen LogP contribution in [-0.2, 0) is 16.1 Å². The molecule has 0 aliphatic carbocycles. The molecule has 0 atom stereocenters. The molecule has 1 heterocycles. The van der Waals surface area contributed by atoms with Crippen molar-refractivity contribution in [2.75, 3.05) is 11.9 Å². The van der Waals surface area contributed by atoms with Gasteiger partial charge in [-0.3, -0.25) is 4.79 Å². The summed E-state index contributed by atoms with van der Waals surface area (Å²) in [5.74, 6) is -0.604. The summed E-state index contributed by atoms with van der Waals surface area (Å²) in [6, 6.07) is 4.44. The normalized spacial score (nSPS) is 11.3. The summed E-state index contributed by atoms with van der Waals surface area (Å²) in [6.45, 7) is 3.22. The van der Waals surface area contributed by atoms with Gasteiger partial charge >= 0.3 is 0 Å². The molecular formula is C15H17FN4O2S. The molecule has 6 nitrogen and oxygen atoms in total. The van der Waals surface area contributed by atoms with Gasteiger partial charge in [0.05, 0.1) is 6.42 Å². The summed E-state index contributed by atoms with van der Waals surface area (Å²) in [5.41, 5.74) is 7.49. The van der Waals surface area contributed by atoms with Crippen molar-refractivity contribution in [1.29, 1.82) is 0 Å². The molecule has 2 aromatic rings. The molecule has 0 saturated carbocycles. The quantitative estimate of drug-likeness (QED) is 0.481. The Bertz CT molecular complexity index is 730. The number of benzene rings is 1. The van der Waals surface area contributed by atoms with Gasteiger partial charge in [0, 0.05) is 16.8 Å². The number of thiazole rings is 1. The summed E-state index contributed by atoms with van der Waals surface area (Å²) >= 11 is 1.48. The van der Waals surface area contributed by atoms with Crippen molar-refractivity contribution in [3.63, 3.8) is 0 Å². The molecule has 1 aromatic heterocycles. The Balaban J connectivity index is 1.79. The van der Waals surface area contributed by atoms with Gasteiger partial charge in [0.15, 0.2) is 6.61 Å². The lowest BCUT2D eigenvalue weighted by Crippen LogP contribution is -2.20. The van der Waals surface area contributed by atoms with E-state index in [1.54, 1.807) is 19.1 Å². The van der Waals surface area contributed by atoms with Gasteiger partial charge in [-0.25, -0.2) is 9.37 Å². The molecule has 0 bridgehead atoms. The van der Waals surface area contributed by atoms with Gasteiger partial charge in [0.25, 0.3) is 5.91 Å². The van der Waals surface area contributed by atoms with Crippen molar-refractivity contribution >= 4 is 28.8 Å². The molecule has 0 saturated heterocycles. The van der Waals surface area contributed by atoms with Crippen LogP contribution in [-0.4, -0.2) is 23.3 Å². The summed E-state index contributed by atoms with van der Waals surface area (Å²) < 4.78 is 13.4. The van der Waals surface area contributed by atoms with E-state index < -0.39 is 5.91 Å². The maximum atomic E-state index is 13.4. The highest BCUT2D eigenvalue weighted by molar-refractivity contribution is 7.09. The fraction of sp³-hybridized carbons (Fsp3) is 0.267. The first-order valence-electron chi connectivity index (χ1n) is 6.85. The van der Waals surface area contributed by atoms with Crippen LogP contribution in [0.25, 0.3) is 0 Å². The third-order valence-corrected chi connectivity index (χ3v) is 3.80. The molecule has 1 amide bonds. The molecule has 1 aromatic carbocycles. The van der Waals surface area contributed by atoms with Gasteiger partial charge in [0.1, 0.15) is 16.7 Å². The van der Waals surface area contributed by atoms with E-state index in [-0.39, 0.29) is 18.3 Å². The molecule has 0 aliphatic heterocycles. The molecule has 23 heavy (non-hydrogen) atoms. The highest BCUT2D eigenvalue weighted by Gasteiger charge is 2.06. The Kier molecular flexibility index (Phi) is 5.64. The zero-order valence-electron chi connectivity index (χ0n) is 12.8. The van der Waals surface area contributed by atoms with E-state index in [0.717, 1.165) is 10.7 Å². The average Bonchev–Trinajstić information content (AvgIpc) is 2.88. The summed E-state index contributed by atoms with van der Waals surface area (Å²) in [7, 11) is 0. The number of amides is 1. The smallest absolute Gasteiger partial charge is 0.265 e. The zero-order chi connectivity index (χ0) is 16.8. The first kappa shape index (κ1) is 16.9. The molecule has 122 valence electrons. The van der Waals surface area contributed by atoms with E-state index in [1.807, 2.05) is 12.3 Å². The minimum Gasteiger partial charge on any atom is -0.384 e. The number of hydrogen-bond donors (Lipinski definition) is 2. The number of nitrogens with zero attached hydrogens (tertiary/aromatic N) is 2. The van der Waals surface area contributed by atoms with Gasteiger partial charge in [0.2, 0.25) is 0 Å². The van der Waals surface area contributed by atoms with Crippen molar-refractivity contribution in [2.45, 2.75) is 20.3 Å². The lowest BCUT2D eigenvalue weighted by Gasteiger charge is -2.06. The third kappa shape index (κ3) is 5.33. The van der Waals surface area contributed by atoms with E-state index in [4.69, 9.17) is 10.6 Å². The van der Waals surface area contributed by atoms with Crippen LogP contribution < -0.4 is 11.1 Å². The first-order chi connectivity index (χ1) is 10.9. The fourth-order valence-electron chi connectivity index (χ4n) is 1.71. The van der Waals surface area contributed by atoms with Crippen LogP contribution in [0.15, 0.2) is 28.7 Å². The van der Waals surface area contributed by atoms with Crippen LogP contribution >= 0.6 is 11.3 Å². The molecular weight excluding hydrogens is 319 g/mol. The highest BCUT2D eigenvalue weighted by atomic mass is 32.1. The molecule has 2 rings (SSSR count). The Morgan fingerprint density at radius 3 is 2.91 bits per heavy atom. The SMILES string of the molecule is Cc1csc(CC(N)=NOCC(=O)Nc2ccc(C)c(F)c2)n1. The number of carbonyl (C=O) groups excluding carboxylic acids is 1. The summed E-state index contributed by atoms with van der Waals surface area (Å²) in [6.07, 6.45) is 0.364. The van der Waals surface area contributed by atoms with Crippen LogP contribution in [0.5, 0.6) is 0 Å². The lowest BCUT2D eigenvalue weighted by atomic mass is 10.2. The Morgan fingerprint density at radius 2 is 2.26 bits per heavy atom. The number of aryl methyl sites for hydroxylation is 2. The Labute approximate surface area is 137 Å². The highest BCUT2D eigenvalue weighted by Crippen LogP contribution is 2.13. The van der Waals surface area contributed by atoms with Crippen LogP contribution in [0, 0.1) is 19.7 Å². The number of anilines is 1. The van der Waals surface area contributed by atoms with Crippen molar-refractivity contribution < 1.29 is 14.0 Å². The number of amidine groups is 1. The molecule has 0 unspecified atom stereocenters. The van der Waals surface area contributed by atoms with Gasteiger partial charge in [-0.1, -0.05) is 11.2 Å². The number of oxime groups is 1. The van der Waals surface area contributed by atoms with Gasteiger partial charge < -0.3 is 15.9 Å². The van der Waals surface area contributed by atoms with E-state index in [9.17, 15) is 9.18 Å². The fourth-order valence-corrected chi connectivity index (χ4v) is 2.50. The van der Waals surface area contributed by atoms with Gasteiger partial charge in [-0.15, -0.1) is 11.3 Å². The maximum Gasteiger partial charge on any atom is 0.265 e. The van der Waals surface area contributed by atoms with Crippen LogP contribution in [0.2, 0.25) is 0 Å². The first-order valence-corrected chi connectivity index (χ1v) is 7.73. The molecule has 3 N–H and O–H groups in total. The standard InChI is InChI=1S/C15H17FN4O2S/c1-9-3-4-11(5-12(9)16)19-14(21)7-22-20-13(17)6-15-18-10(2)8-23-15/h3-5,8H,6-7H2,1-2H3,(H2,17,20)(H,19,21). The Hall–Kier alpha value is -2.48. The maximum absolute atomic E-state index is 13.4. The number of halogens is 1. The number of nitrogens with two attached hydrogens (primary N) is 1. The van der Waals surface area contributed by atoms with E-state index >= 15 is 0 Å². The second-order valence-corrected chi connectivity index (χ2v) is 5.87. The Morgan fingerprint density at radius 1 is 1.48 bits per heavy atom. The predicted octanol–water partition coefficient (Wildman–Crippen LogP) is 2.37. The van der Waals surface area contributed by atoms with Crippen LogP contribution in [0.3, 0.4) is 0 Å². The minimum atomic E-state index is -0.449. The van der Waals surface area contributed by atoms with Gasteiger partial charge in [-0.05, 0) is 31.5 Å². The predicted molar refractivity (Wildman–Crippen MR) is 87.9 cm³/mol. The molecule has 0 aliphatic rings.